The highest BCUT2D eigenvalue weighted by molar-refractivity contribution is 5.90. The van der Waals surface area contributed by atoms with Crippen LogP contribution in [0.15, 0.2) is 24.3 Å². The molecule has 1 saturated carbocycles. The molecule has 0 atom stereocenters. The number of nitrogens with one attached hydrogen (secondary N) is 2. The van der Waals surface area contributed by atoms with Crippen LogP contribution in [0.4, 0.5) is 4.79 Å². The second-order valence-corrected chi connectivity index (χ2v) is 7.15. The van der Waals surface area contributed by atoms with Gasteiger partial charge in [0.25, 0.3) is 0 Å². The Bertz CT molecular complexity index is 842. The zero-order chi connectivity index (χ0) is 20.1. The van der Waals surface area contributed by atoms with Crippen molar-refractivity contribution >= 4 is 12.0 Å². The van der Waals surface area contributed by atoms with Crippen molar-refractivity contribution in [2.45, 2.75) is 45.1 Å². The molecule has 3 rings (SSSR count). The number of benzene rings is 1. The van der Waals surface area contributed by atoms with E-state index in [0.29, 0.717) is 29.6 Å². The highest BCUT2D eigenvalue weighted by atomic mass is 16.5. The van der Waals surface area contributed by atoms with Gasteiger partial charge in [-0.2, -0.15) is 4.68 Å². The molecule has 1 heterocycles. The third kappa shape index (κ3) is 3.97. The van der Waals surface area contributed by atoms with E-state index in [0.717, 1.165) is 25.7 Å². The monoisotopic (exact) mass is 386 g/mol. The smallest absolute Gasteiger partial charge is 0.338 e. The van der Waals surface area contributed by atoms with Crippen molar-refractivity contribution in [1.29, 1.82) is 0 Å². The lowest BCUT2D eigenvalue weighted by atomic mass is 9.76. The fourth-order valence-corrected chi connectivity index (χ4v) is 3.58. The number of urea groups is 1. The molecule has 28 heavy (non-hydrogen) atoms. The number of esters is 1. The molecule has 2 N–H and O–H groups in total. The van der Waals surface area contributed by atoms with Crippen LogP contribution < -0.4 is 10.6 Å². The van der Waals surface area contributed by atoms with E-state index in [4.69, 9.17) is 4.74 Å². The first-order valence-electron chi connectivity index (χ1n) is 9.55. The fraction of sp³-hybridized carbons (Fsp3) is 0.526. The minimum Gasteiger partial charge on any atom is -0.462 e. The van der Waals surface area contributed by atoms with E-state index in [2.05, 4.69) is 33.1 Å². The van der Waals surface area contributed by atoms with Gasteiger partial charge in [-0.25, -0.2) is 9.59 Å². The number of hydrogen-bond donors (Lipinski definition) is 2. The van der Waals surface area contributed by atoms with Gasteiger partial charge in [0.15, 0.2) is 5.82 Å². The molecular weight excluding hydrogens is 360 g/mol. The molecule has 1 fully saturated rings. The molecule has 2 amide bonds. The number of amides is 2. The Morgan fingerprint density at radius 1 is 1.32 bits per heavy atom. The van der Waals surface area contributed by atoms with Gasteiger partial charge in [0, 0.05) is 7.05 Å². The Kier molecular flexibility index (Phi) is 5.91. The number of tetrazole rings is 1. The van der Waals surface area contributed by atoms with Crippen LogP contribution in [0.5, 0.6) is 0 Å². The molecule has 1 aliphatic rings. The van der Waals surface area contributed by atoms with Crippen molar-refractivity contribution < 1.29 is 14.3 Å². The Labute approximate surface area is 163 Å². The van der Waals surface area contributed by atoms with Crippen molar-refractivity contribution in [3.05, 3.63) is 35.7 Å². The van der Waals surface area contributed by atoms with Crippen molar-refractivity contribution in [2.24, 2.45) is 5.92 Å². The summed E-state index contributed by atoms with van der Waals surface area (Å²) in [7, 11) is 1.58. The Morgan fingerprint density at radius 2 is 2.07 bits per heavy atom. The lowest BCUT2D eigenvalue weighted by Gasteiger charge is -2.38. The number of nitrogens with zero attached hydrogens (tertiary/aromatic N) is 4. The highest BCUT2D eigenvalue weighted by Gasteiger charge is 2.42. The third-order valence-corrected chi connectivity index (χ3v) is 5.21. The van der Waals surface area contributed by atoms with E-state index in [1.807, 2.05) is 6.07 Å². The molecule has 0 spiro atoms. The first-order chi connectivity index (χ1) is 13.5. The number of carbonyl (C=O) groups excluding carboxylic acids is 2. The van der Waals surface area contributed by atoms with Crippen LogP contribution in [-0.2, 0) is 10.3 Å². The Balaban J connectivity index is 2.00. The van der Waals surface area contributed by atoms with E-state index < -0.39 is 11.5 Å². The SMILES string of the molecule is CCOC(=O)c1cccc(-n2nnnc2C2(NC(=O)NC)CCC(C)CC2)c1. The summed E-state index contributed by atoms with van der Waals surface area (Å²) < 4.78 is 6.67. The Morgan fingerprint density at radius 3 is 2.75 bits per heavy atom. The summed E-state index contributed by atoms with van der Waals surface area (Å²) in [6, 6.07) is 6.68. The molecule has 1 aliphatic carbocycles. The van der Waals surface area contributed by atoms with Gasteiger partial charge in [-0.05, 0) is 67.2 Å². The minimum atomic E-state index is -0.671. The van der Waals surface area contributed by atoms with Gasteiger partial charge in [0.05, 0.1) is 17.9 Å². The number of hydrogen-bond acceptors (Lipinski definition) is 6. The van der Waals surface area contributed by atoms with Crippen molar-refractivity contribution in [3.63, 3.8) is 0 Å². The molecule has 9 nitrogen and oxygen atoms in total. The molecular formula is C19H26N6O3. The highest BCUT2D eigenvalue weighted by Crippen LogP contribution is 2.39. The number of carbonyl (C=O) groups is 2. The molecule has 0 radical (unpaired) electrons. The van der Waals surface area contributed by atoms with E-state index in [9.17, 15) is 9.59 Å². The molecule has 0 bridgehead atoms. The maximum atomic E-state index is 12.2. The zero-order valence-electron chi connectivity index (χ0n) is 16.4. The maximum absolute atomic E-state index is 12.2. The van der Waals surface area contributed by atoms with Crippen molar-refractivity contribution in [3.8, 4) is 5.69 Å². The van der Waals surface area contributed by atoms with Crippen LogP contribution in [0, 0.1) is 5.92 Å². The first-order valence-corrected chi connectivity index (χ1v) is 9.55. The van der Waals surface area contributed by atoms with Gasteiger partial charge >= 0.3 is 12.0 Å². The van der Waals surface area contributed by atoms with Gasteiger partial charge in [-0.3, -0.25) is 0 Å². The summed E-state index contributed by atoms with van der Waals surface area (Å²) in [5.41, 5.74) is 0.393. The minimum absolute atomic E-state index is 0.274. The largest absolute Gasteiger partial charge is 0.462 e. The average Bonchev–Trinajstić information content (AvgIpc) is 3.21. The second kappa shape index (κ2) is 8.37. The summed E-state index contributed by atoms with van der Waals surface area (Å²) in [6.45, 7) is 4.27. The lowest BCUT2D eigenvalue weighted by Crippen LogP contribution is -2.52. The van der Waals surface area contributed by atoms with Gasteiger partial charge < -0.3 is 15.4 Å². The van der Waals surface area contributed by atoms with Crippen LogP contribution in [0.25, 0.3) is 5.69 Å². The maximum Gasteiger partial charge on any atom is 0.338 e. The number of aromatic nitrogens is 4. The topological polar surface area (TPSA) is 111 Å². The second-order valence-electron chi connectivity index (χ2n) is 7.15. The molecule has 9 heteroatoms. The number of rotatable bonds is 5. The quantitative estimate of drug-likeness (QED) is 0.762. The van der Waals surface area contributed by atoms with E-state index in [1.165, 1.54) is 0 Å². The van der Waals surface area contributed by atoms with Crippen LogP contribution in [0.3, 0.4) is 0 Å². The molecule has 2 aromatic rings. The molecule has 0 saturated heterocycles. The molecule has 0 aliphatic heterocycles. The van der Waals surface area contributed by atoms with E-state index in [1.54, 1.807) is 36.9 Å². The van der Waals surface area contributed by atoms with Gasteiger partial charge in [0.1, 0.15) is 5.54 Å². The summed E-state index contributed by atoms with van der Waals surface area (Å²) in [5, 5.41) is 17.9. The fourth-order valence-electron chi connectivity index (χ4n) is 3.58. The Hall–Kier alpha value is -2.97. The van der Waals surface area contributed by atoms with E-state index in [-0.39, 0.29) is 6.03 Å². The summed E-state index contributed by atoms with van der Waals surface area (Å²) >= 11 is 0. The van der Waals surface area contributed by atoms with Gasteiger partial charge in [-0.15, -0.1) is 5.10 Å². The van der Waals surface area contributed by atoms with Crippen LogP contribution in [0.2, 0.25) is 0 Å². The van der Waals surface area contributed by atoms with Crippen LogP contribution in [-0.4, -0.2) is 45.9 Å². The number of ether oxygens (including phenoxy) is 1. The summed E-state index contributed by atoms with van der Waals surface area (Å²) in [5.74, 6) is 0.740. The normalized spacial score (nSPS) is 21.8. The van der Waals surface area contributed by atoms with Crippen molar-refractivity contribution in [2.75, 3.05) is 13.7 Å². The zero-order valence-corrected chi connectivity index (χ0v) is 16.4. The van der Waals surface area contributed by atoms with Gasteiger partial charge in [-0.1, -0.05) is 13.0 Å². The van der Waals surface area contributed by atoms with Crippen molar-refractivity contribution in [1.82, 2.24) is 30.8 Å². The predicted octanol–water partition coefficient (Wildman–Crippen LogP) is 2.17. The standard InChI is InChI=1S/C19H26N6O3/c1-4-28-16(26)14-6-5-7-15(12-14)25-17(22-23-24-25)19(21-18(27)20-3)10-8-13(2)9-11-19/h5-7,12-13H,4,8-11H2,1-3H3,(H2,20,21,27). The molecule has 150 valence electrons. The lowest BCUT2D eigenvalue weighted by molar-refractivity contribution is 0.0526. The molecule has 0 unspecified atom stereocenters. The first kappa shape index (κ1) is 19.8. The summed E-state index contributed by atoms with van der Waals surface area (Å²) in [6.07, 6.45) is 3.39. The van der Waals surface area contributed by atoms with Crippen LogP contribution in [0.1, 0.15) is 55.7 Å². The third-order valence-electron chi connectivity index (χ3n) is 5.21. The average molecular weight is 386 g/mol. The van der Waals surface area contributed by atoms with Gasteiger partial charge in [0.2, 0.25) is 0 Å². The summed E-state index contributed by atoms with van der Waals surface area (Å²) in [4.78, 5) is 24.3. The van der Waals surface area contributed by atoms with E-state index >= 15 is 0 Å². The van der Waals surface area contributed by atoms with Crippen LogP contribution >= 0.6 is 0 Å². The molecule has 1 aromatic heterocycles. The predicted molar refractivity (Wildman–Crippen MR) is 102 cm³/mol. The molecule has 1 aromatic carbocycles.